The topological polar surface area (TPSA) is 114 Å². The smallest absolute Gasteiger partial charge is 0.265 e. The quantitative estimate of drug-likeness (QED) is 0.274. The molecule has 2 amide bonds. The van der Waals surface area contributed by atoms with Crippen LogP contribution < -0.4 is 23.8 Å². The van der Waals surface area contributed by atoms with Crippen molar-refractivity contribution in [2.75, 3.05) is 38.7 Å². The number of anilines is 1. The van der Waals surface area contributed by atoms with Crippen LogP contribution in [-0.4, -0.2) is 65.6 Å². The maximum Gasteiger partial charge on any atom is 0.265 e. The molecular formula is C29H33BrClN3O7S. The van der Waals surface area contributed by atoms with Gasteiger partial charge in [-0.15, -0.1) is 0 Å². The van der Waals surface area contributed by atoms with Gasteiger partial charge in [0.1, 0.15) is 18.3 Å². The lowest BCUT2D eigenvalue weighted by Crippen LogP contribution is -2.51. The van der Waals surface area contributed by atoms with Gasteiger partial charge in [0, 0.05) is 28.7 Å². The van der Waals surface area contributed by atoms with Gasteiger partial charge in [-0.1, -0.05) is 39.7 Å². The fraction of sp³-hybridized carbons (Fsp3) is 0.310. The van der Waals surface area contributed by atoms with Gasteiger partial charge in [0.05, 0.1) is 31.9 Å². The third-order valence-electron chi connectivity index (χ3n) is 6.42. The zero-order chi connectivity index (χ0) is 31.0. The van der Waals surface area contributed by atoms with Gasteiger partial charge in [-0.05, 0) is 61.9 Å². The number of rotatable bonds is 13. The third-order valence-corrected chi connectivity index (χ3v) is 8.94. The summed E-state index contributed by atoms with van der Waals surface area (Å²) in [4.78, 5) is 28.1. The number of halogens is 2. The Morgan fingerprint density at radius 3 is 2.14 bits per heavy atom. The van der Waals surface area contributed by atoms with E-state index in [0.717, 1.165) is 14.3 Å². The molecule has 0 saturated heterocycles. The van der Waals surface area contributed by atoms with Gasteiger partial charge in [-0.25, -0.2) is 8.42 Å². The lowest BCUT2D eigenvalue weighted by molar-refractivity contribution is -0.139. The minimum absolute atomic E-state index is 0.0439. The lowest BCUT2D eigenvalue weighted by Gasteiger charge is -2.32. The molecule has 1 atom stereocenters. The van der Waals surface area contributed by atoms with Crippen molar-refractivity contribution < 1.29 is 32.2 Å². The molecule has 13 heteroatoms. The first-order valence-electron chi connectivity index (χ1n) is 12.9. The van der Waals surface area contributed by atoms with Crippen LogP contribution in [0, 0.1) is 0 Å². The number of benzene rings is 3. The van der Waals surface area contributed by atoms with Crippen molar-refractivity contribution in [2.45, 2.75) is 31.3 Å². The summed E-state index contributed by atoms with van der Waals surface area (Å²) in [5.41, 5.74) is 0.791. The van der Waals surface area contributed by atoms with Crippen LogP contribution in [0.15, 0.2) is 70.0 Å². The summed E-state index contributed by atoms with van der Waals surface area (Å²) in [6.07, 6.45) is 0. The fourth-order valence-electron chi connectivity index (χ4n) is 4.17. The molecule has 0 spiro atoms. The van der Waals surface area contributed by atoms with E-state index in [9.17, 15) is 18.0 Å². The molecule has 0 fully saturated rings. The molecule has 0 saturated carbocycles. The Hall–Kier alpha value is -3.48. The Morgan fingerprint density at radius 2 is 1.55 bits per heavy atom. The summed E-state index contributed by atoms with van der Waals surface area (Å²) in [5, 5.41) is 2.96. The van der Waals surface area contributed by atoms with E-state index in [1.54, 1.807) is 19.9 Å². The summed E-state index contributed by atoms with van der Waals surface area (Å²) < 4.78 is 46.2. The number of nitrogens with zero attached hydrogens (tertiary/aromatic N) is 2. The van der Waals surface area contributed by atoms with Crippen LogP contribution in [0.1, 0.15) is 19.4 Å². The van der Waals surface area contributed by atoms with Crippen molar-refractivity contribution >= 4 is 55.1 Å². The van der Waals surface area contributed by atoms with Gasteiger partial charge < -0.3 is 24.4 Å². The van der Waals surface area contributed by atoms with Crippen LogP contribution >= 0.6 is 27.5 Å². The summed E-state index contributed by atoms with van der Waals surface area (Å²) in [5.74, 6) is -0.312. The fourth-order valence-corrected chi connectivity index (χ4v) is 6.03. The van der Waals surface area contributed by atoms with Crippen LogP contribution in [0.2, 0.25) is 5.02 Å². The van der Waals surface area contributed by atoms with Crippen molar-refractivity contribution in [3.8, 4) is 17.2 Å². The highest BCUT2D eigenvalue weighted by Gasteiger charge is 2.34. The maximum absolute atomic E-state index is 14.2. The number of nitrogens with one attached hydrogen (secondary N) is 1. The van der Waals surface area contributed by atoms with Crippen LogP contribution in [0.5, 0.6) is 17.2 Å². The molecule has 3 rings (SSSR count). The van der Waals surface area contributed by atoms with Crippen LogP contribution in [-0.2, 0) is 26.2 Å². The first-order chi connectivity index (χ1) is 20.0. The number of amides is 2. The average molecular weight is 683 g/mol. The van der Waals surface area contributed by atoms with Crippen molar-refractivity contribution in [2.24, 2.45) is 0 Å². The minimum atomic E-state index is -4.42. The monoisotopic (exact) mass is 681 g/mol. The van der Waals surface area contributed by atoms with Gasteiger partial charge in [0.15, 0.2) is 11.5 Å². The van der Waals surface area contributed by atoms with Gasteiger partial charge in [0.25, 0.3) is 10.0 Å². The standard InChI is InChI=1S/C29H33BrClN3O7S/c1-6-32-29(36)19(2)33(17-20-7-9-21(30)10-8-20)28(35)18-34(24-15-22(31)11-13-25(24)39-3)42(37,38)23-12-14-26(40-4)27(16-23)41-5/h7-16,19H,6,17-18H2,1-5H3,(H,32,36). The number of carbonyl (C=O) groups is 2. The molecule has 42 heavy (non-hydrogen) atoms. The zero-order valence-corrected chi connectivity index (χ0v) is 27.0. The van der Waals surface area contributed by atoms with E-state index >= 15 is 0 Å². The Kier molecular flexibility index (Phi) is 11.5. The summed E-state index contributed by atoms with van der Waals surface area (Å²) in [6, 6.07) is 14.9. The Bertz CT molecular complexity index is 1520. The second-order valence-electron chi connectivity index (χ2n) is 9.06. The highest BCUT2D eigenvalue weighted by atomic mass is 79.9. The van der Waals surface area contributed by atoms with E-state index in [1.165, 1.54) is 56.6 Å². The molecule has 0 radical (unpaired) electrons. The van der Waals surface area contributed by atoms with Gasteiger partial charge in [-0.2, -0.15) is 0 Å². The zero-order valence-electron chi connectivity index (χ0n) is 23.9. The van der Waals surface area contributed by atoms with Crippen molar-refractivity contribution in [1.29, 1.82) is 0 Å². The number of sulfonamides is 1. The molecule has 3 aromatic carbocycles. The van der Waals surface area contributed by atoms with E-state index in [-0.39, 0.29) is 39.6 Å². The predicted octanol–water partition coefficient (Wildman–Crippen LogP) is 4.88. The van der Waals surface area contributed by atoms with Crippen LogP contribution in [0.4, 0.5) is 5.69 Å². The van der Waals surface area contributed by atoms with E-state index in [2.05, 4.69) is 21.2 Å². The molecule has 0 aliphatic carbocycles. The molecule has 1 unspecified atom stereocenters. The first kappa shape index (κ1) is 33.0. The number of carbonyl (C=O) groups excluding carboxylic acids is 2. The Balaban J connectivity index is 2.14. The predicted molar refractivity (Wildman–Crippen MR) is 165 cm³/mol. The highest BCUT2D eigenvalue weighted by molar-refractivity contribution is 9.10. The molecule has 0 aromatic heterocycles. The first-order valence-corrected chi connectivity index (χ1v) is 15.5. The number of methoxy groups -OCH3 is 3. The molecule has 0 bridgehead atoms. The van der Waals surface area contributed by atoms with Gasteiger partial charge in [-0.3, -0.25) is 13.9 Å². The Morgan fingerprint density at radius 1 is 0.929 bits per heavy atom. The van der Waals surface area contributed by atoms with Crippen molar-refractivity contribution in [3.05, 3.63) is 75.7 Å². The summed E-state index contributed by atoms with van der Waals surface area (Å²) in [6.45, 7) is 3.13. The van der Waals surface area contributed by atoms with Crippen molar-refractivity contribution in [1.82, 2.24) is 10.2 Å². The van der Waals surface area contributed by atoms with Gasteiger partial charge in [0.2, 0.25) is 11.8 Å². The Labute approximate surface area is 259 Å². The van der Waals surface area contributed by atoms with E-state index < -0.39 is 28.5 Å². The summed E-state index contributed by atoms with van der Waals surface area (Å²) in [7, 11) is -0.216. The van der Waals surface area contributed by atoms with E-state index in [0.29, 0.717) is 12.3 Å². The normalized spacial score (nSPS) is 11.8. The number of likely N-dealkylation sites (N-methyl/N-ethyl adjacent to an activating group) is 1. The molecule has 0 heterocycles. The van der Waals surface area contributed by atoms with E-state index in [1.807, 2.05) is 24.3 Å². The molecule has 226 valence electrons. The SMILES string of the molecule is CCNC(=O)C(C)N(Cc1ccc(Br)cc1)C(=O)CN(c1cc(Cl)ccc1OC)S(=O)(=O)c1ccc(OC)c(OC)c1. The lowest BCUT2D eigenvalue weighted by atomic mass is 10.1. The number of ether oxygens (including phenoxy) is 3. The molecular weight excluding hydrogens is 650 g/mol. The second-order valence-corrected chi connectivity index (χ2v) is 12.3. The highest BCUT2D eigenvalue weighted by Crippen LogP contribution is 2.37. The van der Waals surface area contributed by atoms with E-state index in [4.69, 9.17) is 25.8 Å². The molecule has 10 nitrogen and oxygen atoms in total. The molecule has 1 N–H and O–H groups in total. The molecule has 0 aliphatic rings. The largest absolute Gasteiger partial charge is 0.495 e. The third kappa shape index (κ3) is 7.67. The maximum atomic E-state index is 14.2. The average Bonchev–Trinajstić information content (AvgIpc) is 2.98. The number of hydrogen-bond acceptors (Lipinski definition) is 7. The minimum Gasteiger partial charge on any atom is -0.495 e. The number of hydrogen-bond donors (Lipinski definition) is 1. The summed E-state index contributed by atoms with van der Waals surface area (Å²) >= 11 is 9.68. The van der Waals surface area contributed by atoms with Crippen molar-refractivity contribution in [3.63, 3.8) is 0 Å². The van der Waals surface area contributed by atoms with Crippen LogP contribution in [0.3, 0.4) is 0 Å². The second kappa shape index (κ2) is 14.6. The molecule has 3 aromatic rings. The van der Waals surface area contributed by atoms with Crippen LogP contribution in [0.25, 0.3) is 0 Å². The van der Waals surface area contributed by atoms with Gasteiger partial charge >= 0.3 is 0 Å². The molecule has 0 aliphatic heterocycles.